The molecule has 1 aliphatic carbocycles. The number of piperazine rings is 1. The van der Waals surface area contributed by atoms with E-state index in [1.54, 1.807) is 12.1 Å². The Bertz CT molecular complexity index is 2420. The molecule has 296 valence electrons. The maximum Gasteiger partial charge on any atom is 0.262 e. The van der Waals surface area contributed by atoms with E-state index in [1.807, 2.05) is 60.7 Å². The monoisotopic (exact) mass is 780 g/mol. The standard InChI is InChI=1S/C43H44N10O5/c44-39-37-38(26-6-13-32(14-7-26)58-31-4-2-1-3-5-31)48-53(40(37)46-25-45-39)28-10-8-27(9-11-28)49-18-20-50(21-19-49)30-23-51(24-30)29-12-15-33-34(22-29)43(57)52(42(33)56)35-16-17-36(54)47-41(35)55/h1-7,12-15,22,25,27-28,30,35H,8-11,16-21,23-24H2,(H2,44,45,46)(H,47,54,55)/t27?,28?,35-/m0/s1. The number of nitrogens with one attached hydrogen (secondary N) is 1. The summed E-state index contributed by atoms with van der Waals surface area (Å²) in [5.41, 5.74) is 10.5. The molecule has 3 saturated heterocycles. The number of rotatable bonds is 8. The third kappa shape index (κ3) is 6.43. The van der Waals surface area contributed by atoms with E-state index >= 15 is 0 Å². The lowest BCUT2D eigenvalue weighted by Crippen LogP contribution is -2.64. The van der Waals surface area contributed by atoms with Gasteiger partial charge in [0.05, 0.1) is 22.6 Å². The zero-order valence-electron chi connectivity index (χ0n) is 32.0. The predicted molar refractivity (Wildman–Crippen MR) is 215 cm³/mol. The number of hydrogen-bond acceptors (Lipinski definition) is 12. The molecule has 3 aromatic carbocycles. The van der Waals surface area contributed by atoms with Crippen LogP contribution in [0, 0.1) is 0 Å². The van der Waals surface area contributed by atoms with Gasteiger partial charge in [0.25, 0.3) is 11.8 Å². The molecular formula is C43H44N10O5. The van der Waals surface area contributed by atoms with Gasteiger partial charge in [-0.1, -0.05) is 18.2 Å². The fourth-order valence-electron chi connectivity index (χ4n) is 9.45. The van der Waals surface area contributed by atoms with Crippen LogP contribution in [0.15, 0.2) is 79.1 Å². The Balaban J connectivity index is 0.731. The van der Waals surface area contributed by atoms with E-state index in [4.69, 9.17) is 15.6 Å². The van der Waals surface area contributed by atoms with Gasteiger partial charge in [0.1, 0.15) is 35.4 Å². The number of imide groups is 2. The number of benzene rings is 3. The minimum Gasteiger partial charge on any atom is -0.457 e. The summed E-state index contributed by atoms with van der Waals surface area (Å²) in [6.45, 7) is 5.77. The van der Waals surface area contributed by atoms with Crippen molar-refractivity contribution in [3.05, 3.63) is 90.3 Å². The first-order chi connectivity index (χ1) is 28.3. The number of piperidine rings is 1. The molecule has 3 N–H and O–H groups in total. The van der Waals surface area contributed by atoms with Gasteiger partial charge in [0.15, 0.2) is 5.65 Å². The molecule has 1 atom stereocenters. The predicted octanol–water partition coefficient (Wildman–Crippen LogP) is 4.26. The van der Waals surface area contributed by atoms with E-state index < -0.39 is 23.8 Å². The van der Waals surface area contributed by atoms with E-state index in [9.17, 15) is 19.2 Å². The molecule has 10 rings (SSSR count). The summed E-state index contributed by atoms with van der Waals surface area (Å²) in [7, 11) is 0. The van der Waals surface area contributed by atoms with Crippen molar-refractivity contribution in [3.8, 4) is 22.8 Å². The zero-order chi connectivity index (χ0) is 39.5. The van der Waals surface area contributed by atoms with Crippen molar-refractivity contribution < 1.29 is 23.9 Å². The van der Waals surface area contributed by atoms with Gasteiger partial charge in [-0.25, -0.2) is 14.6 Å². The van der Waals surface area contributed by atoms with Crippen LogP contribution in [0.2, 0.25) is 0 Å². The van der Waals surface area contributed by atoms with Crippen molar-refractivity contribution in [2.24, 2.45) is 0 Å². The Labute approximate surface area is 334 Å². The minimum atomic E-state index is -0.966. The summed E-state index contributed by atoms with van der Waals surface area (Å²) in [5, 5.41) is 8.16. The van der Waals surface area contributed by atoms with Gasteiger partial charge >= 0.3 is 0 Å². The highest BCUT2D eigenvalue weighted by atomic mass is 16.5. The molecular weight excluding hydrogens is 737 g/mol. The lowest BCUT2D eigenvalue weighted by Gasteiger charge is -2.50. The third-order valence-electron chi connectivity index (χ3n) is 12.7. The Hall–Kier alpha value is -6.19. The number of nitrogens with zero attached hydrogens (tertiary/aromatic N) is 8. The van der Waals surface area contributed by atoms with E-state index in [0.717, 1.165) is 109 Å². The van der Waals surface area contributed by atoms with Crippen LogP contribution in [0.5, 0.6) is 11.5 Å². The number of aromatic nitrogens is 4. The summed E-state index contributed by atoms with van der Waals surface area (Å²) in [5.74, 6) is 0.00636. The molecule has 6 heterocycles. The maximum absolute atomic E-state index is 13.3. The van der Waals surface area contributed by atoms with Crippen LogP contribution in [0.25, 0.3) is 22.3 Å². The Kier molecular flexibility index (Phi) is 9.13. The van der Waals surface area contributed by atoms with Gasteiger partial charge in [0, 0.05) is 69.0 Å². The number of nitrogen functional groups attached to an aromatic ring is 1. The molecule has 0 unspecified atom stereocenters. The summed E-state index contributed by atoms with van der Waals surface area (Å²) in [6, 6.07) is 23.2. The molecule has 2 aromatic heterocycles. The molecule has 0 bridgehead atoms. The zero-order valence-corrected chi connectivity index (χ0v) is 32.0. The number of para-hydroxylation sites is 1. The first-order valence-electron chi connectivity index (χ1n) is 20.2. The van der Waals surface area contributed by atoms with E-state index in [0.29, 0.717) is 29.0 Å². The lowest BCUT2D eigenvalue weighted by molar-refractivity contribution is -0.136. The van der Waals surface area contributed by atoms with Crippen LogP contribution in [0.1, 0.15) is 65.3 Å². The van der Waals surface area contributed by atoms with Gasteiger partial charge < -0.3 is 15.4 Å². The molecule has 0 radical (unpaired) electrons. The van der Waals surface area contributed by atoms with Crippen molar-refractivity contribution in [2.45, 2.75) is 62.7 Å². The van der Waals surface area contributed by atoms with Gasteiger partial charge in [-0.3, -0.25) is 39.2 Å². The normalized spacial score (nSPS) is 23.3. The molecule has 5 aliphatic rings. The van der Waals surface area contributed by atoms with E-state index in [1.165, 1.54) is 6.33 Å². The molecule has 4 fully saturated rings. The van der Waals surface area contributed by atoms with Crippen LogP contribution in [-0.4, -0.2) is 115 Å². The fourth-order valence-corrected chi connectivity index (χ4v) is 9.45. The van der Waals surface area contributed by atoms with Gasteiger partial charge in [-0.2, -0.15) is 5.10 Å². The average Bonchev–Trinajstić information content (AvgIpc) is 3.74. The van der Waals surface area contributed by atoms with Crippen LogP contribution in [0.4, 0.5) is 11.5 Å². The molecule has 15 nitrogen and oxygen atoms in total. The highest BCUT2D eigenvalue weighted by Gasteiger charge is 2.45. The fraction of sp³-hybridized carbons (Fsp3) is 0.372. The molecule has 15 heteroatoms. The second kappa shape index (κ2) is 14.6. The molecule has 5 aromatic rings. The first-order valence-corrected chi connectivity index (χ1v) is 20.2. The summed E-state index contributed by atoms with van der Waals surface area (Å²) >= 11 is 0. The highest BCUT2D eigenvalue weighted by molar-refractivity contribution is 6.23. The number of carbonyl (C=O) groups is 4. The number of fused-ring (bicyclic) bond motifs is 2. The quantitative estimate of drug-likeness (QED) is 0.215. The van der Waals surface area contributed by atoms with E-state index in [-0.39, 0.29) is 24.8 Å². The number of hydrogen-bond donors (Lipinski definition) is 2. The molecule has 4 amide bonds. The average molecular weight is 781 g/mol. The van der Waals surface area contributed by atoms with Crippen molar-refractivity contribution in [2.75, 3.05) is 49.9 Å². The maximum atomic E-state index is 13.3. The number of carbonyl (C=O) groups excluding carboxylic acids is 4. The highest BCUT2D eigenvalue weighted by Crippen LogP contribution is 2.38. The number of nitrogens with two attached hydrogens (primary N) is 1. The van der Waals surface area contributed by atoms with Crippen molar-refractivity contribution in [1.29, 1.82) is 0 Å². The lowest BCUT2D eigenvalue weighted by atomic mass is 9.89. The first kappa shape index (κ1) is 36.2. The second-order valence-electron chi connectivity index (χ2n) is 16.0. The topological polar surface area (TPSA) is 172 Å². The SMILES string of the molecule is Nc1ncnc2c1c(-c1ccc(Oc3ccccc3)cc1)nn2C1CCC(N2CCN(C3CN(c4ccc5c(c4)C(=O)N([C@H]4CCC(=O)NC4=O)C5=O)C3)CC2)CC1. The van der Waals surface area contributed by atoms with Crippen molar-refractivity contribution >= 4 is 46.2 Å². The largest absolute Gasteiger partial charge is 0.457 e. The van der Waals surface area contributed by atoms with Gasteiger partial charge in [0.2, 0.25) is 11.8 Å². The van der Waals surface area contributed by atoms with Gasteiger partial charge in [-0.05, 0) is 86.7 Å². The molecule has 4 aliphatic heterocycles. The third-order valence-corrected chi connectivity index (χ3v) is 12.7. The van der Waals surface area contributed by atoms with Gasteiger partial charge in [-0.15, -0.1) is 0 Å². The molecule has 1 saturated carbocycles. The summed E-state index contributed by atoms with van der Waals surface area (Å²) < 4.78 is 8.09. The Morgan fingerprint density at radius 1 is 0.707 bits per heavy atom. The smallest absolute Gasteiger partial charge is 0.262 e. The minimum absolute atomic E-state index is 0.0979. The van der Waals surface area contributed by atoms with Crippen LogP contribution < -0.4 is 20.7 Å². The summed E-state index contributed by atoms with van der Waals surface area (Å²) in [4.78, 5) is 68.0. The van der Waals surface area contributed by atoms with Crippen LogP contribution in [0.3, 0.4) is 0 Å². The second-order valence-corrected chi connectivity index (χ2v) is 16.0. The van der Waals surface area contributed by atoms with Crippen LogP contribution >= 0.6 is 0 Å². The number of amides is 4. The van der Waals surface area contributed by atoms with Crippen LogP contribution in [-0.2, 0) is 9.59 Å². The van der Waals surface area contributed by atoms with Crippen molar-refractivity contribution in [3.63, 3.8) is 0 Å². The number of ether oxygens (including phenoxy) is 1. The Morgan fingerprint density at radius 3 is 2.10 bits per heavy atom. The summed E-state index contributed by atoms with van der Waals surface area (Å²) in [6.07, 6.45) is 5.96. The van der Waals surface area contributed by atoms with E-state index in [2.05, 4.69) is 34.7 Å². The molecule has 0 spiro atoms. The molecule has 58 heavy (non-hydrogen) atoms. The Morgan fingerprint density at radius 2 is 1.38 bits per heavy atom. The van der Waals surface area contributed by atoms with Crippen molar-refractivity contribution in [1.82, 2.24) is 39.8 Å². The number of anilines is 2.